The van der Waals surface area contributed by atoms with Gasteiger partial charge >= 0.3 is 5.97 Å². The molecule has 0 aliphatic carbocycles. The topological polar surface area (TPSA) is 107 Å². The second-order valence-electron chi connectivity index (χ2n) is 4.56. The van der Waals surface area contributed by atoms with Gasteiger partial charge in [-0.05, 0) is 12.1 Å². The van der Waals surface area contributed by atoms with Crippen LogP contribution in [0.4, 0.5) is 0 Å². The van der Waals surface area contributed by atoms with E-state index in [2.05, 4.69) is 10.1 Å². The lowest BCUT2D eigenvalue weighted by Gasteiger charge is -2.13. The van der Waals surface area contributed by atoms with E-state index in [1.165, 1.54) is 33.5 Å². The Balaban J connectivity index is 2.24. The molecule has 0 radical (unpaired) electrons. The number of methoxy groups -OCH3 is 3. The van der Waals surface area contributed by atoms with Crippen molar-refractivity contribution in [3.8, 4) is 17.2 Å². The number of aromatic amines is 1. The van der Waals surface area contributed by atoms with Crippen molar-refractivity contribution in [2.75, 3.05) is 21.3 Å². The van der Waals surface area contributed by atoms with Crippen LogP contribution in [0.15, 0.2) is 41.8 Å². The molecule has 8 nitrogen and oxygen atoms in total. The Hall–Kier alpha value is -3.29. The van der Waals surface area contributed by atoms with Gasteiger partial charge in [0.2, 0.25) is 5.75 Å². The molecule has 2 aromatic rings. The van der Waals surface area contributed by atoms with E-state index < -0.39 is 5.97 Å². The molecule has 1 aromatic heterocycles. The van der Waals surface area contributed by atoms with Gasteiger partial charge < -0.3 is 24.8 Å². The molecule has 2 rings (SSSR count). The summed E-state index contributed by atoms with van der Waals surface area (Å²) in [6, 6.07) is 6.33. The first kappa shape index (κ1) is 17.1. The quantitative estimate of drug-likeness (QED) is 0.366. The normalized spacial score (nSPS) is 10.9. The van der Waals surface area contributed by atoms with Gasteiger partial charge in [0, 0.05) is 17.7 Å². The van der Waals surface area contributed by atoms with Gasteiger partial charge in [-0.25, -0.2) is 9.78 Å². The third-order valence-electron chi connectivity index (χ3n) is 3.14. The van der Waals surface area contributed by atoms with Gasteiger partial charge in [-0.15, -0.1) is 0 Å². The molecule has 0 aliphatic rings. The zero-order valence-corrected chi connectivity index (χ0v) is 13.5. The second kappa shape index (κ2) is 7.82. The maximum absolute atomic E-state index is 12.2. The number of nitrogens with one attached hydrogen (secondary N) is 1. The summed E-state index contributed by atoms with van der Waals surface area (Å²) in [5.41, 5.74) is 6.57. The van der Waals surface area contributed by atoms with Crippen molar-refractivity contribution < 1.29 is 28.8 Å². The van der Waals surface area contributed by atoms with Crippen molar-refractivity contribution in [2.24, 2.45) is 10.9 Å². The van der Waals surface area contributed by atoms with E-state index in [4.69, 9.17) is 24.8 Å². The Morgan fingerprint density at radius 3 is 2.08 bits per heavy atom. The fourth-order valence-electron chi connectivity index (χ4n) is 1.95. The van der Waals surface area contributed by atoms with Crippen LogP contribution in [-0.2, 0) is 4.84 Å². The third-order valence-corrected chi connectivity index (χ3v) is 3.14. The van der Waals surface area contributed by atoms with Gasteiger partial charge in [0.1, 0.15) is 0 Å². The Kier molecular flexibility index (Phi) is 5.56. The van der Waals surface area contributed by atoms with E-state index >= 15 is 0 Å². The average Bonchev–Trinajstić information content (AvgIpc) is 2.65. The van der Waals surface area contributed by atoms with Crippen LogP contribution in [0.25, 0.3) is 0 Å². The number of hydrogen-bond acceptors (Lipinski definition) is 6. The summed E-state index contributed by atoms with van der Waals surface area (Å²) < 4.78 is 15.6. The van der Waals surface area contributed by atoms with Gasteiger partial charge in [-0.2, -0.15) is 0 Å². The Bertz CT molecular complexity index is 722. The Morgan fingerprint density at radius 2 is 1.58 bits per heavy atom. The molecule has 0 unspecified atom stereocenters. The molecule has 1 aromatic carbocycles. The van der Waals surface area contributed by atoms with Crippen LogP contribution in [0.1, 0.15) is 15.9 Å². The van der Waals surface area contributed by atoms with E-state index in [-0.39, 0.29) is 11.4 Å². The van der Waals surface area contributed by atoms with Crippen LogP contribution in [0, 0.1) is 0 Å². The average molecular weight is 332 g/mol. The number of carbonyl (C=O) groups is 1. The summed E-state index contributed by atoms with van der Waals surface area (Å²) in [7, 11) is 4.38. The lowest BCUT2D eigenvalue weighted by molar-refractivity contribution is -0.378. The lowest BCUT2D eigenvalue weighted by atomic mass is 10.2. The number of nitrogens with zero attached hydrogens (tertiary/aromatic N) is 1. The fraction of sp³-hybridized carbons (Fsp3) is 0.188. The number of oxime groups is 1. The van der Waals surface area contributed by atoms with Crippen molar-refractivity contribution in [3.63, 3.8) is 0 Å². The first-order valence-electron chi connectivity index (χ1n) is 6.92. The largest absolute Gasteiger partial charge is 0.493 e. The molecule has 8 heteroatoms. The predicted octanol–water partition coefficient (Wildman–Crippen LogP) is 1.00. The summed E-state index contributed by atoms with van der Waals surface area (Å²) >= 11 is 0. The lowest BCUT2D eigenvalue weighted by Crippen LogP contribution is -2.16. The number of ether oxygens (including phenoxy) is 3. The fourth-order valence-corrected chi connectivity index (χ4v) is 1.95. The molecule has 0 saturated carbocycles. The minimum atomic E-state index is -0.709. The zero-order chi connectivity index (χ0) is 17.5. The van der Waals surface area contributed by atoms with Crippen LogP contribution in [0.5, 0.6) is 17.2 Å². The van der Waals surface area contributed by atoms with Gasteiger partial charge in [-0.3, -0.25) is 0 Å². The first-order valence-corrected chi connectivity index (χ1v) is 6.92. The molecular formula is C16H18N3O5+. The van der Waals surface area contributed by atoms with Crippen LogP contribution < -0.4 is 24.9 Å². The predicted molar refractivity (Wildman–Crippen MR) is 85.2 cm³/mol. The maximum atomic E-state index is 12.2. The molecule has 0 saturated heterocycles. The van der Waals surface area contributed by atoms with E-state index in [1.54, 1.807) is 24.5 Å². The third kappa shape index (κ3) is 3.72. The van der Waals surface area contributed by atoms with Crippen LogP contribution in [0.2, 0.25) is 0 Å². The monoisotopic (exact) mass is 332 g/mol. The molecule has 0 aliphatic heterocycles. The van der Waals surface area contributed by atoms with E-state index in [9.17, 15) is 4.79 Å². The number of H-pyrrole nitrogens is 1. The number of aromatic nitrogens is 1. The van der Waals surface area contributed by atoms with Crippen molar-refractivity contribution >= 4 is 11.8 Å². The number of hydrogen-bond donors (Lipinski definition) is 1. The smallest absolute Gasteiger partial charge is 0.366 e. The van der Waals surface area contributed by atoms with Gasteiger partial charge in [0.05, 0.1) is 26.9 Å². The standard InChI is InChI=1S/C16H17N3O5/c1-21-12-8-11(9-13(22-2)14(12)23-3)16(20)24-19-15(17)10-4-6-18-7-5-10/h4-9H,1-3H3,(H2,17,19)/p+1. The minimum Gasteiger partial charge on any atom is -0.493 e. The summed E-state index contributed by atoms with van der Waals surface area (Å²) in [6.07, 6.45) is 3.36. The molecular weight excluding hydrogens is 314 g/mol. The Labute approximate surface area is 138 Å². The molecule has 0 atom stereocenters. The molecule has 24 heavy (non-hydrogen) atoms. The molecule has 1 heterocycles. The summed E-state index contributed by atoms with van der Waals surface area (Å²) in [6.45, 7) is 0. The molecule has 3 N–H and O–H groups in total. The van der Waals surface area contributed by atoms with Crippen molar-refractivity contribution in [1.82, 2.24) is 0 Å². The Morgan fingerprint density at radius 1 is 1.00 bits per heavy atom. The molecule has 126 valence electrons. The summed E-state index contributed by atoms with van der Waals surface area (Å²) in [5.74, 6) is 0.406. The number of amidine groups is 1. The van der Waals surface area contributed by atoms with Crippen LogP contribution in [0.3, 0.4) is 0 Å². The van der Waals surface area contributed by atoms with E-state index in [0.29, 0.717) is 22.8 Å². The van der Waals surface area contributed by atoms with Crippen molar-refractivity contribution in [2.45, 2.75) is 0 Å². The number of benzene rings is 1. The summed E-state index contributed by atoms with van der Waals surface area (Å²) in [4.78, 5) is 19.9. The molecule has 0 bridgehead atoms. The van der Waals surface area contributed by atoms with E-state index in [1.807, 2.05) is 0 Å². The van der Waals surface area contributed by atoms with Gasteiger partial charge in [0.15, 0.2) is 29.7 Å². The zero-order valence-electron chi connectivity index (χ0n) is 13.5. The van der Waals surface area contributed by atoms with Crippen LogP contribution >= 0.6 is 0 Å². The highest BCUT2D eigenvalue weighted by atomic mass is 16.7. The van der Waals surface area contributed by atoms with Crippen molar-refractivity contribution in [3.05, 3.63) is 47.8 Å². The molecule has 0 fully saturated rings. The van der Waals surface area contributed by atoms with Gasteiger partial charge in [0.25, 0.3) is 0 Å². The SMILES string of the molecule is COc1cc(C(=O)ON=C(N)c2cc[nH+]cc2)cc(OC)c1OC. The number of carbonyl (C=O) groups excluding carboxylic acids is 1. The van der Waals surface area contributed by atoms with Gasteiger partial charge in [-0.1, -0.05) is 5.16 Å². The number of rotatable bonds is 6. The minimum absolute atomic E-state index is 0.0739. The highest BCUT2D eigenvalue weighted by Crippen LogP contribution is 2.38. The van der Waals surface area contributed by atoms with Crippen LogP contribution in [-0.4, -0.2) is 33.1 Å². The molecule has 0 spiro atoms. The highest BCUT2D eigenvalue weighted by molar-refractivity contribution is 5.98. The highest BCUT2D eigenvalue weighted by Gasteiger charge is 2.18. The maximum Gasteiger partial charge on any atom is 0.366 e. The summed E-state index contributed by atoms with van der Waals surface area (Å²) in [5, 5.41) is 3.64. The van der Waals surface area contributed by atoms with Crippen molar-refractivity contribution in [1.29, 1.82) is 0 Å². The second-order valence-corrected chi connectivity index (χ2v) is 4.56. The first-order chi connectivity index (χ1) is 11.6. The number of pyridine rings is 1. The van der Waals surface area contributed by atoms with E-state index in [0.717, 1.165) is 0 Å². The molecule has 0 amide bonds. The number of nitrogens with two attached hydrogens (primary N) is 1.